The first-order chi connectivity index (χ1) is 14.8. The first-order valence-corrected chi connectivity index (χ1v) is 10.1. The topological polar surface area (TPSA) is 72.1 Å². The van der Waals surface area contributed by atoms with E-state index in [0.717, 1.165) is 22.2 Å². The molecule has 31 heavy (non-hydrogen) atoms. The number of carbonyl (C=O) groups is 1. The lowest BCUT2D eigenvalue weighted by Crippen LogP contribution is -2.36. The van der Waals surface area contributed by atoms with Gasteiger partial charge in [0.15, 0.2) is 6.04 Å². The van der Waals surface area contributed by atoms with Crippen molar-refractivity contribution in [2.75, 3.05) is 5.32 Å². The van der Waals surface area contributed by atoms with Crippen molar-refractivity contribution in [1.29, 1.82) is 0 Å². The molecule has 2 aromatic heterocycles. The van der Waals surface area contributed by atoms with E-state index in [4.69, 9.17) is 4.42 Å². The van der Waals surface area contributed by atoms with Crippen molar-refractivity contribution in [3.8, 4) is 0 Å². The molecule has 0 aliphatic carbocycles. The molecule has 0 saturated carbocycles. The lowest BCUT2D eigenvalue weighted by atomic mass is 9.95. The minimum atomic E-state index is -4.50. The second-order valence-electron chi connectivity index (χ2n) is 7.63. The molecule has 6 nitrogen and oxygen atoms in total. The predicted molar refractivity (Wildman–Crippen MR) is 109 cm³/mol. The summed E-state index contributed by atoms with van der Waals surface area (Å²) in [6.45, 7) is 3.93. The number of amides is 1. The quantitative estimate of drug-likeness (QED) is 0.599. The molecule has 1 aliphatic heterocycles. The van der Waals surface area contributed by atoms with Crippen LogP contribution in [0.1, 0.15) is 58.4 Å². The summed E-state index contributed by atoms with van der Waals surface area (Å²) in [5.41, 5.74) is 1.90. The molecule has 2 unspecified atom stereocenters. The van der Waals surface area contributed by atoms with Gasteiger partial charge in [0.25, 0.3) is 5.91 Å². The average Bonchev–Trinajstić information content (AvgIpc) is 3.36. The Morgan fingerprint density at radius 3 is 2.61 bits per heavy atom. The van der Waals surface area contributed by atoms with Gasteiger partial charge in [0.1, 0.15) is 22.9 Å². The maximum absolute atomic E-state index is 13.8. The van der Waals surface area contributed by atoms with Crippen LogP contribution in [-0.4, -0.2) is 21.9 Å². The van der Waals surface area contributed by atoms with E-state index in [1.807, 2.05) is 31.2 Å². The SMILES string of the molecule is CCc1ccc(C2CC(C(F)(F)F)n3ncc(C(=O)NCc4ccc(C)o4)c3N2)cc1. The summed E-state index contributed by atoms with van der Waals surface area (Å²) >= 11 is 0. The second kappa shape index (κ2) is 8.13. The van der Waals surface area contributed by atoms with E-state index in [2.05, 4.69) is 15.7 Å². The smallest absolute Gasteiger partial charge is 0.410 e. The maximum atomic E-state index is 13.8. The molecule has 2 N–H and O–H groups in total. The lowest BCUT2D eigenvalue weighted by molar-refractivity contribution is -0.173. The van der Waals surface area contributed by atoms with Crippen LogP contribution >= 0.6 is 0 Å². The number of rotatable bonds is 5. The van der Waals surface area contributed by atoms with Crippen LogP contribution in [0.25, 0.3) is 0 Å². The van der Waals surface area contributed by atoms with Gasteiger partial charge < -0.3 is 15.1 Å². The minimum Gasteiger partial charge on any atom is -0.465 e. The van der Waals surface area contributed by atoms with E-state index in [-0.39, 0.29) is 24.3 Å². The highest BCUT2D eigenvalue weighted by molar-refractivity contribution is 5.98. The number of benzene rings is 1. The van der Waals surface area contributed by atoms with Gasteiger partial charge in [0.05, 0.1) is 18.8 Å². The number of aryl methyl sites for hydroxylation is 2. The van der Waals surface area contributed by atoms with Gasteiger partial charge in [0.2, 0.25) is 0 Å². The van der Waals surface area contributed by atoms with Crippen LogP contribution in [0.5, 0.6) is 0 Å². The fourth-order valence-electron chi connectivity index (χ4n) is 3.78. The van der Waals surface area contributed by atoms with Gasteiger partial charge in [-0.2, -0.15) is 18.3 Å². The van der Waals surface area contributed by atoms with Gasteiger partial charge in [-0.15, -0.1) is 0 Å². The Labute approximate surface area is 177 Å². The molecule has 164 valence electrons. The van der Waals surface area contributed by atoms with E-state index < -0.39 is 24.2 Å². The number of halogens is 3. The van der Waals surface area contributed by atoms with E-state index in [1.165, 1.54) is 6.20 Å². The first-order valence-electron chi connectivity index (χ1n) is 10.1. The van der Waals surface area contributed by atoms with E-state index in [9.17, 15) is 18.0 Å². The van der Waals surface area contributed by atoms with Crippen LogP contribution in [0, 0.1) is 6.92 Å². The Hall–Kier alpha value is -3.23. The number of fused-ring (bicyclic) bond motifs is 1. The molecule has 3 heterocycles. The predicted octanol–water partition coefficient (Wildman–Crippen LogP) is 4.94. The summed E-state index contributed by atoms with van der Waals surface area (Å²) in [6, 6.07) is 8.55. The molecule has 0 saturated heterocycles. The summed E-state index contributed by atoms with van der Waals surface area (Å²) in [6.07, 6.45) is -2.69. The number of aromatic nitrogens is 2. The Morgan fingerprint density at radius 1 is 1.26 bits per heavy atom. The lowest BCUT2D eigenvalue weighted by Gasteiger charge is -2.34. The molecule has 0 spiro atoms. The molecule has 0 radical (unpaired) electrons. The fourth-order valence-corrected chi connectivity index (χ4v) is 3.78. The van der Waals surface area contributed by atoms with Gasteiger partial charge in [-0.3, -0.25) is 4.79 Å². The summed E-state index contributed by atoms with van der Waals surface area (Å²) in [7, 11) is 0. The third kappa shape index (κ3) is 4.30. The highest BCUT2D eigenvalue weighted by atomic mass is 19.4. The van der Waals surface area contributed by atoms with Crippen molar-refractivity contribution < 1.29 is 22.4 Å². The number of hydrogen-bond donors (Lipinski definition) is 2. The summed E-state index contributed by atoms with van der Waals surface area (Å²) in [5.74, 6) is 0.803. The van der Waals surface area contributed by atoms with Gasteiger partial charge in [-0.25, -0.2) is 4.68 Å². The van der Waals surface area contributed by atoms with Gasteiger partial charge in [-0.05, 0) is 36.6 Å². The first kappa shape index (κ1) is 21.0. The molecular weight excluding hydrogens is 409 g/mol. The maximum Gasteiger partial charge on any atom is 0.410 e. The molecule has 0 fully saturated rings. The molecular formula is C22H23F3N4O2. The van der Waals surface area contributed by atoms with Crippen LogP contribution in [0.15, 0.2) is 47.0 Å². The summed E-state index contributed by atoms with van der Waals surface area (Å²) in [5, 5.41) is 9.67. The third-order valence-corrected chi connectivity index (χ3v) is 5.49. The van der Waals surface area contributed by atoms with Crippen molar-refractivity contribution in [2.45, 2.75) is 51.5 Å². The Morgan fingerprint density at radius 2 is 2.00 bits per heavy atom. The van der Waals surface area contributed by atoms with E-state index >= 15 is 0 Å². The van der Waals surface area contributed by atoms with Crippen LogP contribution in [0.4, 0.5) is 19.0 Å². The van der Waals surface area contributed by atoms with E-state index in [0.29, 0.717) is 11.5 Å². The zero-order valence-corrected chi connectivity index (χ0v) is 17.2. The largest absolute Gasteiger partial charge is 0.465 e. The van der Waals surface area contributed by atoms with Gasteiger partial charge in [0, 0.05) is 6.42 Å². The molecule has 1 amide bonds. The zero-order chi connectivity index (χ0) is 22.2. The number of nitrogens with zero attached hydrogens (tertiary/aromatic N) is 2. The Bertz CT molecular complexity index is 1070. The monoisotopic (exact) mass is 432 g/mol. The van der Waals surface area contributed by atoms with Crippen LogP contribution in [0.2, 0.25) is 0 Å². The minimum absolute atomic E-state index is 0.0614. The number of carbonyl (C=O) groups excluding carboxylic acids is 1. The van der Waals surface area contributed by atoms with Crippen LogP contribution < -0.4 is 10.6 Å². The second-order valence-corrected chi connectivity index (χ2v) is 7.63. The zero-order valence-electron chi connectivity index (χ0n) is 17.2. The molecule has 0 bridgehead atoms. The highest BCUT2D eigenvalue weighted by Crippen LogP contribution is 2.44. The van der Waals surface area contributed by atoms with E-state index in [1.54, 1.807) is 19.1 Å². The number of nitrogens with one attached hydrogen (secondary N) is 2. The number of hydrogen-bond acceptors (Lipinski definition) is 4. The fraction of sp³-hybridized carbons (Fsp3) is 0.364. The van der Waals surface area contributed by atoms with Crippen molar-refractivity contribution >= 4 is 11.7 Å². The average molecular weight is 432 g/mol. The van der Waals surface area contributed by atoms with Crippen molar-refractivity contribution in [3.63, 3.8) is 0 Å². The molecule has 9 heteroatoms. The number of furan rings is 1. The summed E-state index contributed by atoms with van der Waals surface area (Å²) in [4.78, 5) is 12.7. The van der Waals surface area contributed by atoms with Gasteiger partial charge >= 0.3 is 6.18 Å². The highest BCUT2D eigenvalue weighted by Gasteiger charge is 2.47. The van der Waals surface area contributed by atoms with Crippen LogP contribution in [0.3, 0.4) is 0 Å². The summed E-state index contributed by atoms with van der Waals surface area (Å²) < 4.78 is 47.7. The molecule has 3 aromatic rings. The Kier molecular flexibility index (Phi) is 5.51. The van der Waals surface area contributed by atoms with Gasteiger partial charge in [-0.1, -0.05) is 31.2 Å². The number of alkyl halides is 3. The molecule has 1 aromatic carbocycles. The molecule has 1 aliphatic rings. The normalized spacial score (nSPS) is 18.4. The molecule has 2 atom stereocenters. The Balaban J connectivity index is 1.61. The third-order valence-electron chi connectivity index (χ3n) is 5.49. The standard InChI is InChI=1S/C22H23F3N4O2/c1-3-14-5-7-15(8-6-14)18-10-19(22(23,24)25)29-20(28-18)17(12-27-29)21(30)26-11-16-9-4-13(2)31-16/h4-9,12,18-19,28H,3,10-11H2,1-2H3,(H,26,30). The number of anilines is 1. The van der Waals surface area contributed by atoms with Crippen molar-refractivity contribution in [2.24, 2.45) is 0 Å². The molecule has 4 rings (SSSR count). The van der Waals surface area contributed by atoms with Crippen LogP contribution in [-0.2, 0) is 13.0 Å². The van der Waals surface area contributed by atoms with Crippen molar-refractivity contribution in [3.05, 3.63) is 70.8 Å². The van der Waals surface area contributed by atoms with Crippen molar-refractivity contribution in [1.82, 2.24) is 15.1 Å².